The van der Waals surface area contributed by atoms with E-state index in [9.17, 15) is 4.79 Å². The molecule has 2 atom stereocenters. The molecule has 150 valence electrons. The number of hydrogen-bond donors (Lipinski definition) is 0. The van der Waals surface area contributed by atoms with Gasteiger partial charge in [0.05, 0.1) is 24.0 Å². The molecule has 29 heavy (non-hydrogen) atoms. The van der Waals surface area contributed by atoms with E-state index in [4.69, 9.17) is 5.10 Å². The van der Waals surface area contributed by atoms with Gasteiger partial charge in [-0.15, -0.1) is 12.4 Å². The maximum Gasteiger partial charge on any atom is 0.168 e. The predicted octanol–water partition coefficient (Wildman–Crippen LogP) is 3.60. The largest absolute Gasteiger partial charge is 0.303 e. The molecule has 2 bridgehead atoms. The monoisotopic (exact) mass is 408 g/mol. The van der Waals surface area contributed by atoms with Crippen molar-refractivity contribution in [1.29, 1.82) is 0 Å². The lowest BCUT2D eigenvalue weighted by atomic mass is 9.67. The summed E-state index contributed by atoms with van der Waals surface area (Å²) in [7, 11) is 0. The van der Waals surface area contributed by atoms with Crippen LogP contribution in [0.3, 0.4) is 0 Å². The molecule has 1 aromatic carbocycles. The highest BCUT2D eigenvalue weighted by Gasteiger charge is 2.44. The summed E-state index contributed by atoms with van der Waals surface area (Å²) in [4.78, 5) is 20.4. The second kappa shape index (κ2) is 7.22. The van der Waals surface area contributed by atoms with Crippen molar-refractivity contribution in [3.63, 3.8) is 0 Å². The summed E-state index contributed by atoms with van der Waals surface area (Å²) in [6.45, 7) is 4.19. The van der Waals surface area contributed by atoms with E-state index < -0.39 is 0 Å². The highest BCUT2D eigenvalue weighted by Crippen LogP contribution is 2.42. The summed E-state index contributed by atoms with van der Waals surface area (Å²) in [5.41, 5.74) is 4.07. The number of piperidine rings is 3. The minimum absolute atomic E-state index is 0. The normalized spacial score (nSPS) is 27.8. The van der Waals surface area contributed by atoms with Crippen LogP contribution < -0.4 is 0 Å². The van der Waals surface area contributed by atoms with E-state index in [0.717, 1.165) is 35.1 Å². The second-order valence-corrected chi connectivity index (χ2v) is 8.65. The van der Waals surface area contributed by atoms with Crippen LogP contribution in [-0.4, -0.2) is 45.1 Å². The van der Waals surface area contributed by atoms with Crippen LogP contribution in [-0.2, 0) is 13.0 Å². The van der Waals surface area contributed by atoms with E-state index in [0.29, 0.717) is 24.2 Å². The van der Waals surface area contributed by atoms with Crippen molar-refractivity contribution < 1.29 is 4.79 Å². The van der Waals surface area contributed by atoms with Crippen molar-refractivity contribution in [2.45, 2.75) is 25.8 Å². The Morgan fingerprint density at radius 1 is 1.07 bits per heavy atom. The molecule has 4 aliphatic rings. The molecule has 5 heterocycles. The van der Waals surface area contributed by atoms with E-state index in [-0.39, 0.29) is 18.3 Å². The average molecular weight is 409 g/mol. The van der Waals surface area contributed by atoms with Gasteiger partial charge in [-0.25, -0.2) is 0 Å². The molecule has 1 unspecified atom stereocenters. The Bertz CT molecular complexity index is 1060. The number of halogens is 1. The average Bonchev–Trinajstić information content (AvgIpc) is 3.10. The molecule has 0 amide bonds. The van der Waals surface area contributed by atoms with Crippen LogP contribution in [0.25, 0.3) is 10.9 Å². The molecule has 2 aromatic heterocycles. The minimum Gasteiger partial charge on any atom is -0.303 e. The standard InChI is InChI=1S/C23H24N4O.ClH/c28-23-17(19-14-26-8-6-16(19)7-9-26)10-20-22-18(23)11-24-12-21(22)27(25-20)13-15-4-2-1-3-5-15;/h1-5,11-12,16-17,19H,6-10,13-14H2;1H/t17-,19?;/m1./s1. The Kier molecular flexibility index (Phi) is 4.67. The lowest BCUT2D eigenvalue weighted by molar-refractivity contribution is 0.0192. The first-order valence-electron chi connectivity index (χ1n) is 10.4. The van der Waals surface area contributed by atoms with Crippen LogP contribution in [0.5, 0.6) is 0 Å². The van der Waals surface area contributed by atoms with Gasteiger partial charge in [-0.2, -0.15) is 5.10 Å². The van der Waals surface area contributed by atoms with Gasteiger partial charge >= 0.3 is 0 Å². The fraction of sp³-hybridized carbons (Fsp3) is 0.435. The summed E-state index contributed by atoms with van der Waals surface area (Å²) in [6.07, 6.45) is 6.90. The first-order chi connectivity index (χ1) is 13.8. The van der Waals surface area contributed by atoms with E-state index in [2.05, 4.69) is 34.1 Å². The molecule has 0 N–H and O–H groups in total. The van der Waals surface area contributed by atoms with Gasteiger partial charge in [0.25, 0.3) is 0 Å². The van der Waals surface area contributed by atoms with Crippen molar-refractivity contribution in [1.82, 2.24) is 19.7 Å². The third kappa shape index (κ3) is 2.99. The molecule has 5 nitrogen and oxygen atoms in total. The van der Waals surface area contributed by atoms with Crippen LogP contribution >= 0.6 is 12.4 Å². The summed E-state index contributed by atoms with van der Waals surface area (Å²) < 4.78 is 2.03. The summed E-state index contributed by atoms with van der Waals surface area (Å²) in [6, 6.07) is 10.4. The topological polar surface area (TPSA) is 51.0 Å². The fourth-order valence-corrected chi connectivity index (χ4v) is 5.72. The van der Waals surface area contributed by atoms with Crippen molar-refractivity contribution in [3.8, 4) is 0 Å². The van der Waals surface area contributed by atoms with E-state index >= 15 is 0 Å². The summed E-state index contributed by atoms with van der Waals surface area (Å²) in [5.74, 6) is 1.52. The Morgan fingerprint density at radius 2 is 1.86 bits per heavy atom. The Balaban J connectivity index is 0.00000181. The summed E-state index contributed by atoms with van der Waals surface area (Å²) >= 11 is 0. The maximum absolute atomic E-state index is 13.5. The second-order valence-electron chi connectivity index (χ2n) is 8.65. The SMILES string of the molecule is Cl.O=C1c2cncc3c2c(nn3Cc2ccccc2)C[C@@H]1C1CN2CCC1CC2. The van der Waals surface area contributed by atoms with E-state index in [1.165, 1.54) is 31.5 Å². The van der Waals surface area contributed by atoms with Crippen LogP contribution in [0.15, 0.2) is 42.7 Å². The number of nitrogens with zero attached hydrogens (tertiary/aromatic N) is 4. The smallest absolute Gasteiger partial charge is 0.168 e. The Labute approximate surface area is 176 Å². The Morgan fingerprint density at radius 3 is 2.59 bits per heavy atom. The first-order valence-corrected chi connectivity index (χ1v) is 10.4. The fourth-order valence-electron chi connectivity index (χ4n) is 5.72. The number of rotatable bonds is 3. The van der Waals surface area contributed by atoms with Gasteiger partial charge in [-0.05, 0) is 43.3 Å². The quantitative estimate of drug-likeness (QED) is 0.664. The molecule has 7 rings (SSSR count). The van der Waals surface area contributed by atoms with Crippen LogP contribution in [0.4, 0.5) is 0 Å². The molecular formula is C23H25ClN4O. The molecule has 0 radical (unpaired) electrons. The highest BCUT2D eigenvalue weighted by atomic mass is 35.5. The lowest BCUT2D eigenvalue weighted by Gasteiger charge is -2.47. The number of ketones is 1. The van der Waals surface area contributed by atoms with Crippen molar-refractivity contribution >= 4 is 29.1 Å². The van der Waals surface area contributed by atoms with Crippen LogP contribution in [0.1, 0.15) is 34.5 Å². The molecular weight excluding hydrogens is 384 g/mol. The minimum atomic E-state index is 0. The summed E-state index contributed by atoms with van der Waals surface area (Å²) in [5, 5.41) is 6.00. The first kappa shape index (κ1) is 18.8. The zero-order valence-corrected chi connectivity index (χ0v) is 17.1. The molecule has 0 saturated carbocycles. The number of Topliss-reactive ketones (excluding diaryl/α,β-unsaturated/α-hetero) is 1. The third-order valence-electron chi connectivity index (χ3n) is 7.15. The van der Waals surface area contributed by atoms with Crippen LogP contribution in [0.2, 0.25) is 0 Å². The van der Waals surface area contributed by atoms with Crippen molar-refractivity contribution in [2.75, 3.05) is 19.6 Å². The molecule has 6 heteroatoms. The van der Waals surface area contributed by atoms with Gasteiger partial charge in [0.15, 0.2) is 5.78 Å². The predicted molar refractivity (Wildman–Crippen MR) is 114 cm³/mol. The van der Waals surface area contributed by atoms with Gasteiger partial charge < -0.3 is 4.90 Å². The van der Waals surface area contributed by atoms with Gasteiger partial charge in [-0.3, -0.25) is 14.5 Å². The van der Waals surface area contributed by atoms with Gasteiger partial charge in [0.2, 0.25) is 0 Å². The number of aromatic nitrogens is 3. The number of fused-ring (bicyclic) bond motifs is 3. The Hall–Kier alpha value is -2.24. The van der Waals surface area contributed by atoms with Crippen molar-refractivity contribution in [2.24, 2.45) is 17.8 Å². The number of pyridine rings is 1. The van der Waals surface area contributed by atoms with Gasteiger partial charge in [0, 0.05) is 36.0 Å². The molecule has 1 aliphatic carbocycles. The van der Waals surface area contributed by atoms with Crippen molar-refractivity contribution in [3.05, 3.63) is 59.5 Å². The highest BCUT2D eigenvalue weighted by molar-refractivity contribution is 6.11. The van der Waals surface area contributed by atoms with E-state index in [1.807, 2.05) is 16.9 Å². The lowest BCUT2D eigenvalue weighted by Crippen LogP contribution is -2.51. The zero-order valence-electron chi connectivity index (χ0n) is 16.3. The van der Waals surface area contributed by atoms with Crippen LogP contribution in [0, 0.1) is 17.8 Å². The van der Waals surface area contributed by atoms with E-state index in [1.54, 1.807) is 6.20 Å². The zero-order chi connectivity index (χ0) is 18.7. The number of benzene rings is 1. The number of carbonyl (C=O) groups excluding carboxylic acids is 1. The molecule has 0 spiro atoms. The molecule has 3 saturated heterocycles. The van der Waals surface area contributed by atoms with Gasteiger partial charge in [-0.1, -0.05) is 30.3 Å². The number of carbonyl (C=O) groups is 1. The third-order valence-corrected chi connectivity index (χ3v) is 7.15. The maximum atomic E-state index is 13.5. The van der Waals surface area contributed by atoms with Gasteiger partial charge in [0.1, 0.15) is 0 Å². The molecule has 3 fully saturated rings. The number of hydrogen-bond acceptors (Lipinski definition) is 4. The molecule has 3 aliphatic heterocycles. The molecule has 3 aromatic rings.